The lowest BCUT2D eigenvalue weighted by atomic mass is 9.91. The van der Waals surface area contributed by atoms with E-state index in [9.17, 15) is 17.6 Å². The second-order valence-corrected chi connectivity index (χ2v) is 5.86. The molecule has 0 fully saturated rings. The molecule has 0 aliphatic heterocycles. The Morgan fingerprint density at radius 3 is 2.25 bits per heavy atom. The topological polar surface area (TPSA) is 24.9 Å². The molecule has 7 heteroatoms. The molecule has 0 aliphatic rings. The molecule has 0 spiro atoms. The Hall–Kier alpha value is -1.63. The van der Waals surface area contributed by atoms with Crippen molar-refractivity contribution in [3.63, 3.8) is 0 Å². The van der Waals surface area contributed by atoms with Crippen LogP contribution in [0.1, 0.15) is 18.7 Å². The molecule has 0 radical (unpaired) electrons. The first kappa shape index (κ1) is 14.8. The Balaban J connectivity index is 2.24. The highest BCUT2D eigenvalue weighted by Gasteiger charge is 2.25. The quantitative estimate of drug-likeness (QED) is 0.680. The molecular formula is C13H12F4N2S. The van der Waals surface area contributed by atoms with Gasteiger partial charge in [-0.15, -0.1) is 11.3 Å². The van der Waals surface area contributed by atoms with Crippen LogP contribution in [0, 0.1) is 23.5 Å². The van der Waals surface area contributed by atoms with Crippen LogP contribution in [0.4, 0.5) is 23.2 Å². The van der Waals surface area contributed by atoms with Crippen LogP contribution in [0.2, 0.25) is 0 Å². The molecule has 0 aliphatic carbocycles. The Labute approximate surface area is 117 Å². The minimum atomic E-state index is -1.67. The highest BCUT2D eigenvalue weighted by atomic mass is 32.1. The molecule has 0 amide bonds. The fraction of sp³-hybridized carbons (Fsp3) is 0.308. The molecule has 108 valence electrons. The van der Waals surface area contributed by atoms with E-state index in [1.807, 2.05) is 31.4 Å². The van der Waals surface area contributed by atoms with Crippen LogP contribution in [-0.4, -0.2) is 11.5 Å². The fourth-order valence-corrected chi connectivity index (χ4v) is 2.55. The van der Waals surface area contributed by atoms with Crippen LogP contribution in [0.15, 0.2) is 17.5 Å². The summed E-state index contributed by atoms with van der Waals surface area (Å²) >= 11 is 1.49. The third-order valence-corrected chi connectivity index (χ3v) is 4.13. The molecule has 1 N–H and O–H groups in total. The van der Waals surface area contributed by atoms with Gasteiger partial charge in [0.15, 0.2) is 0 Å². The van der Waals surface area contributed by atoms with Gasteiger partial charge in [-0.3, -0.25) is 0 Å². The summed E-state index contributed by atoms with van der Waals surface area (Å²) in [5, 5.41) is 4.31. The van der Waals surface area contributed by atoms with Crippen molar-refractivity contribution in [2.75, 3.05) is 11.9 Å². The average molecular weight is 304 g/mol. The summed E-state index contributed by atoms with van der Waals surface area (Å²) in [5.41, 5.74) is -1.27. The van der Waals surface area contributed by atoms with Gasteiger partial charge in [0.1, 0.15) is 5.69 Å². The van der Waals surface area contributed by atoms with Crippen molar-refractivity contribution in [1.82, 2.24) is 4.98 Å². The van der Waals surface area contributed by atoms with E-state index in [1.165, 1.54) is 11.3 Å². The number of rotatable bonds is 4. The van der Waals surface area contributed by atoms with Crippen molar-refractivity contribution in [1.29, 1.82) is 0 Å². The molecule has 0 bridgehead atoms. The Bertz CT molecular complexity index is 585. The van der Waals surface area contributed by atoms with E-state index in [0.29, 0.717) is 0 Å². The van der Waals surface area contributed by atoms with Gasteiger partial charge in [-0.2, -0.15) is 22.5 Å². The first-order valence-electron chi connectivity index (χ1n) is 5.81. The van der Waals surface area contributed by atoms with Crippen molar-refractivity contribution in [2.45, 2.75) is 19.3 Å². The van der Waals surface area contributed by atoms with Crippen LogP contribution in [0.25, 0.3) is 0 Å². The van der Waals surface area contributed by atoms with Gasteiger partial charge in [0.2, 0.25) is 11.6 Å². The summed E-state index contributed by atoms with van der Waals surface area (Å²) in [6.45, 7) is 3.83. The predicted octanol–water partition coefficient (Wildman–Crippen LogP) is 4.09. The first-order chi connectivity index (χ1) is 9.33. The van der Waals surface area contributed by atoms with E-state index in [1.54, 1.807) is 0 Å². The van der Waals surface area contributed by atoms with Gasteiger partial charge in [-0.1, -0.05) is 19.9 Å². The lowest BCUT2D eigenvalue weighted by Gasteiger charge is -2.24. The van der Waals surface area contributed by atoms with Crippen molar-refractivity contribution in [3.8, 4) is 0 Å². The molecule has 2 nitrogen and oxygen atoms in total. The molecule has 2 aromatic rings. The van der Waals surface area contributed by atoms with Crippen molar-refractivity contribution >= 4 is 17.0 Å². The summed E-state index contributed by atoms with van der Waals surface area (Å²) in [6.07, 6.45) is 0. The van der Waals surface area contributed by atoms with E-state index in [0.717, 1.165) is 4.88 Å². The largest absolute Gasteiger partial charge is 0.379 e. The highest BCUT2D eigenvalue weighted by molar-refractivity contribution is 7.10. The van der Waals surface area contributed by atoms with E-state index in [2.05, 4.69) is 10.3 Å². The third-order valence-electron chi connectivity index (χ3n) is 2.89. The number of nitrogens with one attached hydrogen (secondary N) is 1. The maximum atomic E-state index is 13.5. The molecule has 0 saturated carbocycles. The van der Waals surface area contributed by atoms with Gasteiger partial charge >= 0.3 is 0 Å². The molecule has 0 aromatic carbocycles. The number of pyridine rings is 1. The molecule has 2 aromatic heterocycles. The van der Waals surface area contributed by atoms with E-state index in [-0.39, 0.29) is 6.54 Å². The number of thiophene rings is 1. The minimum absolute atomic E-state index is 0.115. The number of nitrogens with zero attached hydrogens (tertiary/aromatic N) is 1. The van der Waals surface area contributed by atoms with Crippen LogP contribution < -0.4 is 5.32 Å². The summed E-state index contributed by atoms with van der Waals surface area (Å²) < 4.78 is 52.9. The van der Waals surface area contributed by atoms with Gasteiger partial charge in [-0.25, -0.2) is 0 Å². The molecule has 2 rings (SSSR count). The standard InChI is InChI=1S/C13H12F4N2S/c1-13(2,7-4-3-5-20-7)6-18-10-8(14)11(16)19-12(17)9(10)15/h3-5H,6H2,1-2H3,(H,18,19). The van der Waals surface area contributed by atoms with Gasteiger partial charge in [0.05, 0.1) is 0 Å². The molecule has 0 atom stereocenters. The summed E-state index contributed by atoms with van der Waals surface area (Å²) in [6, 6.07) is 3.74. The maximum Gasteiger partial charge on any atom is 0.253 e. The molecule has 2 heterocycles. The molecule has 0 unspecified atom stereocenters. The molecule has 20 heavy (non-hydrogen) atoms. The normalized spacial score (nSPS) is 11.7. The van der Waals surface area contributed by atoms with E-state index < -0.39 is 34.6 Å². The summed E-state index contributed by atoms with van der Waals surface area (Å²) in [7, 11) is 0. The van der Waals surface area contributed by atoms with Crippen LogP contribution >= 0.6 is 11.3 Å². The lowest BCUT2D eigenvalue weighted by Crippen LogP contribution is -2.27. The molecule has 0 saturated heterocycles. The van der Waals surface area contributed by atoms with Crippen LogP contribution in [-0.2, 0) is 5.41 Å². The second-order valence-electron chi connectivity index (χ2n) is 4.91. The summed E-state index contributed by atoms with van der Waals surface area (Å²) in [5.74, 6) is -6.38. The average Bonchev–Trinajstić information content (AvgIpc) is 2.91. The number of hydrogen-bond acceptors (Lipinski definition) is 3. The molecular weight excluding hydrogens is 292 g/mol. The van der Waals surface area contributed by atoms with Crippen LogP contribution in [0.3, 0.4) is 0 Å². The zero-order chi connectivity index (χ0) is 14.9. The smallest absolute Gasteiger partial charge is 0.253 e. The Kier molecular flexibility index (Phi) is 3.99. The highest BCUT2D eigenvalue weighted by Crippen LogP contribution is 2.29. The zero-order valence-corrected chi connectivity index (χ0v) is 11.6. The first-order valence-corrected chi connectivity index (χ1v) is 6.69. The number of aromatic nitrogens is 1. The fourth-order valence-electron chi connectivity index (χ4n) is 1.70. The Morgan fingerprint density at radius 1 is 1.15 bits per heavy atom. The minimum Gasteiger partial charge on any atom is -0.379 e. The van der Waals surface area contributed by atoms with Gasteiger partial charge in [0.25, 0.3) is 11.9 Å². The monoisotopic (exact) mass is 304 g/mol. The van der Waals surface area contributed by atoms with Gasteiger partial charge < -0.3 is 5.32 Å². The zero-order valence-electron chi connectivity index (χ0n) is 10.8. The maximum absolute atomic E-state index is 13.5. The van der Waals surface area contributed by atoms with E-state index >= 15 is 0 Å². The lowest BCUT2D eigenvalue weighted by molar-refractivity contribution is 0.409. The Morgan fingerprint density at radius 2 is 1.75 bits per heavy atom. The number of hydrogen-bond donors (Lipinski definition) is 1. The van der Waals surface area contributed by atoms with Gasteiger partial charge in [-0.05, 0) is 11.4 Å². The number of halogens is 4. The SMILES string of the molecule is CC(C)(CNc1c(F)c(F)nc(F)c1F)c1cccs1. The predicted molar refractivity (Wildman–Crippen MR) is 69.9 cm³/mol. The third kappa shape index (κ3) is 2.77. The van der Waals surface area contributed by atoms with Crippen LogP contribution in [0.5, 0.6) is 0 Å². The number of anilines is 1. The van der Waals surface area contributed by atoms with E-state index in [4.69, 9.17) is 0 Å². The van der Waals surface area contributed by atoms with Crippen molar-refractivity contribution in [3.05, 3.63) is 45.9 Å². The van der Waals surface area contributed by atoms with Gasteiger partial charge in [0, 0.05) is 16.8 Å². The van der Waals surface area contributed by atoms with Crippen molar-refractivity contribution < 1.29 is 17.6 Å². The van der Waals surface area contributed by atoms with Crippen molar-refractivity contribution in [2.24, 2.45) is 0 Å². The second kappa shape index (κ2) is 5.40. The summed E-state index contributed by atoms with van der Waals surface area (Å²) in [4.78, 5) is 3.49.